The third kappa shape index (κ3) is 5.97. The summed E-state index contributed by atoms with van der Waals surface area (Å²) in [5.74, 6) is -0.994. The van der Waals surface area contributed by atoms with Gasteiger partial charge in [-0.3, -0.25) is 4.79 Å². The normalized spacial score (nSPS) is 10.8. The lowest BCUT2D eigenvalue weighted by Gasteiger charge is -2.10. The van der Waals surface area contributed by atoms with E-state index in [2.05, 4.69) is 21.2 Å². The molecule has 8 heteroatoms. The number of nitrogens with zero attached hydrogens (tertiary/aromatic N) is 1. The van der Waals surface area contributed by atoms with Crippen molar-refractivity contribution in [2.75, 3.05) is 5.32 Å². The Labute approximate surface area is 197 Å². The standard InChI is InChI=1S/C24H16BrClN2O4/c25-19-12-16(11-18(13-27)23(29)28-21-4-2-1-3-20(21)26)7-10-22(19)32-14-15-5-8-17(9-6-15)24(30)31/h1-12H,14H2,(H,28,29)(H,30,31)/b18-11+. The van der Waals surface area contributed by atoms with Crippen LogP contribution < -0.4 is 10.1 Å². The zero-order chi connectivity index (χ0) is 23.1. The van der Waals surface area contributed by atoms with Crippen LogP contribution in [0.15, 0.2) is 76.8 Å². The van der Waals surface area contributed by atoms with Gasteiger partial charge >= 0.3 is 5.97 Å². The van der Waals surface area contributed by atoms with Crippen molar-refractivity contribution in [3.63, 3.8) is 0 Å². The van der Waals surface area contributed by atoms with E-state index in [1.54, 1.807) is 54.6 Å². The zero-order valence-corrected chi connectivity index (χ0v) is 18.9. The van der Waals surface area contributed by atoms with E-state index in [-0.39, 0.29) is 17.7 Å². The minimum absolute atomic E-state index is 0.0796. The Kier molecular flexibility index (Phi) is 7.66. The molecule has 0 radical (unpaired) electrons. The maximum absolute atomic E-state index is 12.4. The summed E-state index contributed by atoms with van der Waals surface area (Å²) in [6, 6.07) is 20.2. The second-order valence-corrected chi connectivity index (χ2v) is 7.85. The van der Waals surface area contributed by atoms with E-state index in [0.29, 0.717) is 26.5 Å². The van der Waals surface area contributed by atoms with Crippen molar-refractivity contribution < 1.29 is 19.4 Å². The average molecular weight is 512 g/mol. The van der Waals surface area contributed by atoms with Gasteiger partial charge in [0.05, 0.1) is 20.7 Å². The first-order chi connectivity index (χ1) is 15.4. The predicted octanol–water partition coefficient (Wildman–Crippen LogP) is 5.93. The number of benzene rings is 3. The maximum atomic E-state index is 12.4. The number of hydrogen-bond donors (Lipinski definition) is 2. The van der Waals surface area contributed by atoms with Crippen LogP contribution in [-0.2, 0) is 11.4 Å². The number of anilines is 1. The predicted molar refractivity (Wildman–Crippen MR) is 126 cm³/mol. The molecule has 0 spiro atoms. The highest BCUT2D eigenvalue weighted by Crippen LogP contribution is 2.28. The number of nitrogens with one attached hydrogen (secondary N) is 1. The summed E-state index contributed by atoms with van der Waals surface area (Å²) in [7, 11) is 0. The number of carboxylic acid groups (broad SMARTS) is 1. The lowest BCUT2D eigenvalue weighted by molar-refractivity contribution is -0.112. The number of halogens is 2. The Hall–Kier alpha value is -3.60. The number of carbonyl (C=O) groups excluding carboxylic acids is 1. The van der Waals surface area contributed by atoms with Gasteiger partial charge in [0, 0.05) is 0 Å². The van der Waals surface area contributed by atoms with Gasteiger partial charge in [-0.25, -0.2) is 4.79 Å². The molecule has 0 saturated carbocycles. The van der Waals surface area contributed by atoms with Crippen LogP contribution in [0.1, 0.15) is 21.5 Å². The average Bonchev–Trinajstić information content (AvgIpc) is 2.78. The Balaban J connectivity index is 1.69. The molecule has 0 saturated heterocycles. The number of rotatable bonds is 7. The quantitative estimate of drug-likeness (QED) is 0.303. The van der Waals surface area contributed by atoms with Gasteiger partial charge in [-0.15, -0.1) is 0 Å². The Bertz CT molecular complexity index is 1230. The fraction of sp³-hybridized carbons (Fsp3) is 0.0417. The lowest BCUT2D eigenvalue weighted by Crippen LogP contribution is -2.13. The fourth-order valence-electron chi connectivity index (χ4n) is 2.70. The molecule has 0 fully saturated rings. The first-order valence-electron chi connectivity index (χ1n) is 9.29. The van der Waals surface area contributed by atoms with E-state index in [9.17, 15) is 14.9 Å². The molecule has 32 heavy (non-hydrogen) atoms. The highest BCUT2D eigenvalue weighted by molar-refractivity contribution is 9.10. The summed E-state index contributed by atoms with van der Waals surface area (Å²) in [6.07, 6.45) is 1.46. The van der Waals surface area contributed by atoms with Crippen molar-refractivity contribution in [2.45, 2.75) is 6.61 Å². The summed E-state index contributed by atoms with van der Waals surface area (Å²) < 4.78 is 6.41. The molecule has 0 heterocycles. The summed E-state index contributed by atoms with van der Waals surface area (Å²) in [6.45, 7) is 0.247. The number of para-hydroxylation sites is 1. The minimum Gasteiger partial charge on any atom is -0.488 e. The van der Waals surface area contributed by atoms with Crippen LogP contribution in [0.2, 0.25) is 5.02 Å². The third-order valence-corrected chi connectivity index (χ3v) is 5.30. The molecule has 0 aliphatic carbocycles. The van der Waals surface area contributed by atoms with Crippen LogP contribution in [0.4, 0.5) is 5.69 Å². The van der Waals surface area contributed by atoms with Crippen molar-refractivity contribution in [3.05, 3.63) is 98.5 Å². The monoisotopic (exact) mass is 510 g/mol. The van der Waals surface area contributed by atoms with Gasteiger partial charge in [-0.05, 0) is 69.5 Å². The Morgan fingerprint density at radius 1 is 1.12 bits per heavy atom. The first-order valence-corrected chi connectivity index (χ1v) is 10.5. The molecule has 2 N–H and O–H groups in total. The minimum atomic E-state index is -0.985. The van der Waals surface area contributed by atoms with Gasteiger partial charge in [-0.2, -0.15) is 5.26 Å². The summed E-state index contributed by atoms with van der Waals surface area (Å²) in [4.78, 5) is 23.4. The smallest absolute Gasteiger partial charge is 0.335 e. The molecule has 6 nitrogen and oxygen atoms in total. The third-order valence-electron chi connectivity index (χ3n) is 4.35. The largest absolute Gasteiger partial charge is 0.488 e. The number of carboxylic acids is 1. The molecule has 0 aliphatic rings. The van der Waals surface area contributed by atoms with Crippen LogP contribution in [0.3, 0.4) is 0 Å². The molecule has 3 aromatic carbocycles. The van der Waals surface area contributed by atoms with E-state index in [0.717, 1.165) is 5.56 Å². The molecule has 0 bridgehead atoms. The SMILES string of the molecule is N#C/C(=C\c1ccc(OCc2ccc(C(=O)O)cc2)c(Br)c1)C(=O)Nc1ccccc1Cl. The Morgan fingerprint density at radius 2 is 1.84 bits per heavy atom. The van der Waals surface area contributed by atoms with Crippen LogP contribution >= 0.6 is 27.5 Å². The van der Waals surface area contributed by atoms with Crippen molar-refractivity contribution in [1.82, 2.24) is 0 Å². The van der Waals surface area contributed by atoms with Crippen LogP contribution in [0, 0.1) is 11.3 Å². The van der Waals surface area contributed by atoms with E-state index < -0.39 is 11.9 Å². The summed E-state index contributed by atoms with van der Waals surface area (Å²) in [5, 5.41) is 21.4. The van der Waals surface area contributed by atoms with Gasteiger partial charge in [0.25, 0.3) is 5.91 Å². The zero-order valence-electron chi connectivity index (χ0n) is 16.5. The molecule has 0 atom stereocenters. The van der Waals surface area contributed by atoms with E-state index in [4.69, 9.17) is 21.4 Å². The van der Waals surface area contributed by atoms with Crippen molar-refractivity contribution in [1.29, 1.82) is 5.26 Å². The van der Waals surface area contributed by atoms with E-state index in [1.165, 1.54) is 18.2 Å². The molecule has 3 rings (SSSR count). The van der Waals surface area contributed by atoms with Crippen molar-refractivity contribution in [3.8, 4) is 11.8 Å². The number of hydrogen-bond acceptors (Lipinski definition) is 4. The first kappa shape index (κ1) is 23.1. The van der Waals surface area contributed by atoms with Crippen LogP contribution in [0.5, 0.6) is 5.75 Å². The fourth-order valence-corrected chi connectivity index (χ4v) is 3.39. The second kappa shape index (κ2) is 10.6. The van der Waals surface area contributed by atoms with E-state index >= 15 is 0 Å². The molecule has 0 aromatic heterocycles. The molecule has 1 amide bonds. The van der Waals surface area contributed by atoms with Gasteiger partial charge in [0.15, 0.2) is 0 Å². The molecular weight excluding hydrogens is 496 g/mol. The molecular formula is C24H16BrClN2O4. The van der Waals surface area contributed by atoms with Crippen molar-refractivity contribution in [2.24, 2.45) is 0 Å². The van der Waals surface area contributed by atoms with Crippen molar-refractivity contribution >= 4 is 51.2 Å². The topological polar surface area (TPSA) is 99.4 Å². The van der Waals surface area contributed by atoms with E-state index in [1.807, 2.05) is 6.07 Å². The number of ether oxygens (including phenoxy) is 1. The Morgan fingerprint density at radius 3 is 2.47 bits per heavy atom. The van der Waals surface area contributed by atoms with Gasteiger partial charge in [-0.1, -0.05) is 41.9 Å². The van der Waals surface area contributed by atoms with Gasteiger partial charge in [0.2, 0.25) is 0 Å². The number of nitriles is 1. The van der Waals surface area contributed by atoms with Gasteiger partial charge in [0.1, 0.15) is 24.0 Å². The second-order valence-electron chi connectivity index (χ2n) is 6.58. The summed E-state index contributed by atoms with van der Waals surface area (Å²) >= 11 is 9.48. The highest BCUT2D eigenvalue weighted by Gasteiger charge is 2.12. The maximum Gasteiger partial charge on any atom is 0.335 e. The van der Waals surface area contributed by atoms with Gasteiger partial charge < -0.3 is 15.2 Å². The van der Waals surface area contributed by atoms with Crippen LogP contribution in [0.25, 0.3) is 6.08 Å². The lowest BCUT2D eigenvalue weighted by atomic mass is 10.1. The molecule has 160 valence electrons. The van der Waals surface area contributed by atoms with Crippen LogP contribution in [-0.4, -0.2) is 17.0 Å². The number of carbonyl (C=O) groups is 2. The number of aromatic carboxylic acids is 1. The number of amides is 1. The molecule has 0 aliphatic heterocycles. The highest BCUT2D eigenvalue weighted by atomic mass is 79.9. The summed E-state index contributed by atoms with van der Waals surface area (Å²) in [5.41, 5.74) is 1.98. The molecule has 0 unspecified atom stereocenters. The molecule has 3 aromatic rings.